The minimum Gasteiger partial charge on any atom is -0.480 e. The third-order valence-corrected chi connectivity index (χ3v) is 2.64. The molecular formula is C11H21ClN2O3. The molecular weight excluding hydrogens is 244 g/mol. The number of carboxylic acids is 1. The lowest BCUT2D eigenvalue weighted by molar-refractivity contribution is -0.138. The summed E-state index contributed by atoms with van der Waals surface area (Å²) in [7, 11) is 0. The smallest absolute Gasteiger partial charge is 0.320 e. The molecule has 6 heteroatoms. The standard InChI is InChI=1S/C11H21ClN2O3/c12-7-3-1-6-10(15)14-8-4-2-5-9(13)11(16)17/h9H,1-8,13H2,(H,14,15)(H,16,17)/t9-/m0/s1. The van der Waals surface area contributed by atoms with Crippen molar-refractivity contribution in [2.24, 2.45) is 5.73 Å². The van der Waals surface area contributed by atoms with Gasteiger partial charge in [0.2, 0.25) is 5.91 Å². The second-order valence-electron chi connectivity index (χ2n) is 3.94. The van der Waals surface area contributed by atoms with Gasteiger partial charge in [-0.05, 0) is 32.1 Å². The molecule has 0 heterocycles. The van der Waals surface area contributed by atoms with Gasteiger partial charge in [0.05, 0.1) is 0 Å². The van der Waals surface area contributed by atoms with E-state index in [0.29, 0.717) is 31.7 Å². The molecule has 0 rings (SSSR count). The lowest BCUT2D eigenvalue weighted by Gasteiger charge is -2.07. The van der Waals surface area contributed by atoms with Gasteiger partial charge in [-0.3, -0.25) is 9.59 Å². The number of aliphatic carboxylic acids is 1. The minimum atomic E-state index is -0.977. The molecule has 0 bridgehead atoms. The number of carbonyl (C=O) groups excluding carboxylic acids is 1. The number of alkyl halides is 1. The Morgan fingerprint density at radius 3 is 2.53 bits per heavy atom. The molecule has 0 aliphatic carbocycles. The third kappa shape index (κ3) is 10.1. The van der Waals surface area contributed by atoms with Crippen LogP contribution >= 0.6 is 11.6 Å². The van der Waals surface area contributed by atoms with Crippen molar-refractivity contribution >= 4 is 23.5 Å². The average molecular weight is 265 g/mol. The number of amides is 1. The molecule has 17 heavy (non-hydrogen) atoms. The van der Waals surface area contributed by atoms with Gasteiger partial charge in [0, 0.05) is 18.8 Å². The maximum atomic E-state index is 11.3. The Labute approximate surface area is 107 Å². The molecule has 100 valence electrons. The molecule has 4 N–H and O–H groups in total. The van der Waals surface area contributed by atoms with E-state index < -0.39 is 12.0 Å². The summed E-state index contributed by atoms with van der Waals surface area (Å²) in [5.74, 6) is -0.367. The first-order valence-electron chi connectivity index (χ1n) is 5.89. The van der Waals surface area contributed by atoms with Crippen molar-refractivity contribution in [2.75, 3.05) is 12.4 Å². The first-order valence-corrected chi connectivity index (χ1v) is 6.42. The second-order valence-corrected chi connectivity index (χ2v) is 4.31. The number of carboxylic acid groups (broad SMARTS) is 1. The van der Waals surface area contributed by atoms with E-state index in [1.165, 1.54) is 0 Å². The fourth-order valence-electron chi connectivity index (χ4n) is 1.31. The van der Waals surface area contributed by atoms with Crippen molar-refractivity contribution in [3.05, 3.63) is 0 Å². The Kier molecular flexibility index (Phi) is 9.86. The normalized spacial score (nSPS) is 12.1. The number of halogens is 1. The van der Waals surface area contributed by atoms with Crippen molar-refractivity contribution in [2.45, 2.75) is 44.6 Å². The Morgan fingerprint density at radius 2 is 1.94 bits per heavy atom. The average Bonchev–Trinajstić information content (AvgIpc) is 2.28. The molecule has 1 amide bonds. The van der Waals surface area contributed by atoms with Crippen molar-refractivity contribution < 1.29 is 14.7 Å². The van der Waals surface area contributed by atoms with E-state index >= 15 is 0 Å². The monoisotopic (exact) mass is 264 g/mol. The van der Waals surface area contributed by atoms with Crippen molar-refractivity contribution in [1.29, 1.82) is 0 Å². The number of nitrogens with two attached hydrogens (primary N) is 1. The van der Waals surface area contributed by atoms with E-state index in [-0.39, 0.29) is 5.91 Å². The summed E-state index contributed by atoms with van der Waals surface area (Å²) in [6, 6.07) is -0.797. The van der Waals surface area contributed by atoms with Crippen LogP contribution in [0, 0.1) is 0 Å². The van der Waals surface area contributed by atoms with Crippen LogP contribution in [0.25, 0.3) is 0 Å². The van der Waals surface area contributed by atoms with E-state index in [4.69, 9.17) is 22.4 Å². The highest BCUT2D eigenvalue weighted by molar-refractivity contribution is 6.17. The summed E-state index contributed by atoms with van der Waals surface area (Å²) in [5, 5.41) is 11.3. The van der Waals surface area contributed by atoms with E-state index in [1.807, 2.05) is 0 Å². The SMILES string of the molecule is N[C@@H](CCCCNC(=O)CCCCCl)C(=O)O. The van der Waals surface area contributed by atoms with E-state index in [9.17, 15) is 9.59 Å². The van der Waals surface area contributed by atoms with Crippen LogP contribution in [-0.4, -0.2) is 35.4 Å². The van der Waals surface area contributed by atoms with E-state index in [0.717, 1.165) is 19.3 Å². The maximum Gasteiger partial charge on any atom is 0.320 e. The van der Waals surface area contributed by atoms with Crippen LogP contribution in [0.3, 0.4) is 0 Å². The summed E-state index contributed by atoms with van der Waals surface area (Å²) >= 11 is 5.49. The van der Waals surface area contributed by atoms with Crippen LogP contribution in [-0.2, 0) is 9.59 Å². The first-order chi connectivity index (χ1) is 8.07. The fraction of sp³-hybridized carbons (Fsp3) is 0.818. The number of hydrogen-bond donors (Lipinski definition) is 3. The molecule has 0 fully saturated rings. The molecule has 0 aliphatic rings. The zero-order chi connectivity index (χ0) is 13.1. The zero-order valence-electron chi connectivity index (χ0n) is 9.95. The van der Waals surface area contributed by atoms with Crippen LogP contribution in [0.15, 0.2) is 0 Å². The number of hydrogen-bond acceptors (Lipinski definition) is 3. The van der Waals surface area contributed by atoms with Crippen molar-refractivity contribution in [1.82, 2.24) is 5.32 Å². The molecule has 0 aromatic rings. The summed E-state index contributed by atoms with van der Waals surface area (Å²) in [6.07, 6.45) is 4.05. The van der Waals surface area contributed by atoms with Gasteiger partial charge >= 0.3 is 5.97 Å². The lowest BCUT2D eigenvalue weighted by Crippen LogP contribution is -2.30. The van der Waals surface area contributed by atoms with Crippen LogP contribution in [0.4, 0.5) is 0 Å². The predicted octanol–water partition coefficient (Wildman–Crippen LogP) is 1.09. The summed E-state index contributed by atoms with van der Waals surface area (Å²) in [6.45, 7) is 0.575. The maximum absolute atomic E-state index is 11.3. The number of carbonyl (C=O) groups is 2. The predicted molar refractivity (Wildman–Crippen MR) is 67.0 cm³/mol. The number of nitrogens with one attached hydrogen (secondary N) is 1. The van der Waals surface area contributed by atoms with Gasteiger partial charge in [0.1, 0.15) is 6.04 Å². The molecule has 0 unspecified atom stereocenters. The first kappa shape index (κ1) is 16.2. The largest absolute Gasteiger partial charge is 0.480 e. The molecule has 0 spiro atoms. The fourth-order valence-corrected chi connectivity index (χ4v) is 1.50. The molecule has 0 saturated carbocycles. The number of rotatable bonds is 10. The molecule has 0 saturated heterocycles. The van der Waals surface area contributed by atoms with Gasteiger partial charge in [0.15, 0.2) is 0 Å². The van der Waals surface area contributed by atoms with Crippen LogP contribution in [0.1, 0.15) is 38.5 Å². The van der Waals surface area contributed by atoms with Crippen molar-refractivity contribution in [3.8, 4) is 0 Å². The molecule has 1 atom stereocenters. The highest BCUT2D eigenvalue weighted by atomic mass is 35.5. The second kappa shape index (κ2) is 10.4. The summed E-state index contributed by atoms with van der Waals surface area (Å²) < 4.78 is 0. The highest BCUT2D eigenvalue weighted by Gasteiger charge is 2.10. The molecule has 5 nitrogen and oxygen atoms in total. The molecule has 0 radical (unpaired) electrons. The summed E-state index contributed by atoms with van der Waals surface area (Å²) in [5.41, 5.74) is 5.34. The number of unbranched alkanes of at least 4 members (excludes halogenated alkanes) is 2. The topological polar surface area (TPSA) is 92.4 Å². The van der Waals surface area contributed by atoms with Gasteiger partial charge in [-0.2, -0.15) is 0 Å². The van der Waals surface area contributed by atoms with Crippen LogP contribution < -0.4 is 11.1 Å². The van der Waals surface area contributed by atoms with Crippen molar-refractivity contribution in [3.63, 3.8) is 0 Å². The minimum absolute atomic E-state index is 0.0256. The van der Waals surface area contributed by atoms with Gasteiger partial charge in [-0.15, -0.1) is 11.6 Å². The van der Waals surface area contributed by atoms with Gasteiger partial charge in [0.25, 0.3) is 0 Å². The third-order valence-electron chi connectivity index (χ3n) is 2.37. The Morgan fingerprint density at radius 1 is 1.24 bits per heavy atom. The molecule has 0 aromatic carbocycles. The molecule has 0 aliphatic heterocycles. The lowest BCUT2D eigenvalue weighted by atomic mass is 10.1. The quantitative estimate of drug-likeness (QED) is 0.407. The van der Waals surface area contributed by atoms with Gasteiger partial charge in [-0.1, -0.05) is 0 Å². The van der Waals surface area contributed by atoms with E-state index in [2.05, 4.69) is 5.32 Å². The van der Waals surface area contributed by atoms with Crippen LogP contribution in [0.2, 0.25) is 0 Å². The van der Waals surface area contributed by atoms with E-state index in [1.54, 1.807) is 0 Å². The van der Waals surface area contributed by atoms with Gasteiger partial charge in [-0.25, -0.2) is 0 Å². The summed E-state index contributed by atoms with van der Waals surface area (Å²) in [4.78, 5) is 21.7. The van der Waals surface area contributed by atoms with Gasteiger partial charge < -0.3 is 16.2 Å². The Balaban J connectivity index is 3.33. The zero-order valence-corrected chi connectivity index (χ0v) is 10.7. The highest BCUT2D eigenvalue weighted by Crippen LogP contribution is 1.99. The Bertz CT molecular complexity index is 237. The molecule has 0 aromatic heterocycles. The Hall–Kier alpha value is -0.810. The van der Waals surface area contributed by atoms with Crippen LogP contribution in [0.5, 0.6) is 0 Å².